The van der Waals surface area contributed by atoms with E-state index in [1.54, 1.807) is 6.20 Å². The van der Waals surface area contributed by atoms with E-state index < -0.39 is 0 Å². The summed E-state index contributed by atoms with van der Waals surface area (Å²) in [5.41, 5.74) is 8.35. The minimum Gasteiger partial charge on any atom is -0.471 e. The van der Waals surface area contributed by atoms with Crippen molar-refractivity contribution in [1.29, 1.82) is 0 Å². The van der Waals surface area contributed by atoms with Crippen molar-refractivity contribution in [3.63, 3.8) is 0 Å². The van der Waals surface area contributed by atoms with E-state index in [0.717, 1.165) is 11.1 Å². The van der Waals surface area contributed by atoms with Crippen LogP contribution in [0.2, 0.25) is 5.02 Å². The Morgan fingerprint density at radius 2 is 2.18 bits per heavy atom. The normalized spacial score (nSPS) is 10.2. The first-order valence-electron chi connectivity index (χ1n) is 5.24. The van der Waals surface area contributed by atoms with Crippen LogP contribution in [0.5, 0.6) is 5.88 Å². The van der Waals surface area contributed by atoms with E-state index in [4.69, 9.17) is 22.1 Å². The molecule has 0 atom stereocenters. The molecule has 0 saturated heterocycles. The highest BCUT2D eigenvalue weighted by atomic mass is 35.5. The van der Waals surface area contributed by atoms with Crippen LogP contribution in [0.1, 0.15) is 11.1 Å². The molecule has 0 aliphatic rings. The Labute approximate surface area is 105 Å². The number of nitrogens with zero attached hydrogens (tertiary/aromatic N) is 1. The summed E-state index contributed by atoms with van der Waals surface area (Å²) in [4.78, 5) is 4.14. The van der Waals surface area contributed by atoms with Gasteiger partial charge in [0.25, 0.3) is 0 Å². The molecule has 0 fully saturated rings. The van der Waals surface area contributed by atoms with Crippen molar-refractivity contribution in [3.8, 4) is 5.88 Å². The maximum Gasteiger partial charge on any atom is 0.237 e. The van der Waals surface area contributed by atoms with E-state index in [-0.39, 0.29) is 0 Å². The summed E-state index contributed by atoms with van der Waals surface area (Å²) >= 11 is 5.88. The molecule has 1 aromatic heterocycles. The van der Waals surface area contributed by atoms with Gasteiger partial charge in [-0.25, -0.2) is 4.98 Å². The van der Waals surface area contributed by atoms with Crippen molar-refractivity contribution in [2.45, 2.75) is 13.5 Å². The van der Waals surface area contributed by atoms with Gasteiger partial charge >= 0.3 is 0 Å². The van der Waals surface area contributed by atoms with Gasteiger partial charge in [-0.05, 0) is 36.2 Å². The molecule has 3 nitrogen and oxygen atoms in total. The number of hydrogen-bond donors (Lipinski definition) is 1. The van der Waals surface area contributed by atoms with Gasteiger partial charge in [0.2, 0.25) is 5.88 Å². The molecule has 1 aromatic carbocycles. The molecule has 0 radical (unpaired) electrons. The van der Waals surface area contributed by atoms with E-state index in [9.17, 15) is 0 Å². The van der Waals surface area contributed by atoms with Crippen LogP contribution in [0.25, 0.3) is 0 Å². The highest BCUT2D eigenvalue weighted by Gasteiger charge is 2.03. The topological polar surface area (TPSA) is 48.1 Å². The zero-order chi connectivity index (χ0) is 12.3. The lowest BCUT2D eigenvalue weighted by Gasteiger charge is -2.08. The Kier molecular flexibility index (Phi) is 3.49. The van der Waals surface area contributed by atoms with Crippen LogP contribution in [0.4, 0.5) is 5.69 Å². The van der Waals surface area contributed by atoms with Gasteiger partial charge in [-0.3, -0.25) is 0 Å². The Hall–Kier alpha value is -1.74. The third-order valence-electron chi connectivity index (χ3n) is 2.28. The Balaban J connectivity index is 2.07. The van der Waals surface area contributed by atoms with Crippen LogP contribution >= 0.6 is 11.6 Å². The summed E-state index contributed by atoms with van der Waals surface area (Å²) in [5.74, 6) is 0.454. The predicted octanol–water partition coefficient (Wildman–Crippen LogP) is 3.20. The monoisotopic (exact) mass is 248 g/mol. The second-order valence-corrected chi connectivity index (χ2v) is 4.26. The number of anilines is 1. The number of nitrogens with two attached hydrogens (primary N) is 1. The number of rotatable bonds is 3. The second kappa shape index (κ2) is 5.06. The molecule has 17 heavy (non-hydrogen) atoms. The van der Waals surface area contributed by atoms with Crippen LogP contribution in [0.15, 0.2) is 36.5 Å². The van der Waals surface area contributed by atoms with E-state index in [1.807, 2.05) is 37.3 Å². The quantitative estimate of drug-likeness (QED) is 0.907. The lowest BCUT2D eigenvalue weighted by Crippen LogP contribution is -2.01. The number of ether oxygens (including phenoxy) is 1. The van der Waals surface area contributed by atoms with Gasteiger partial charge in [0.1, 0.15) is 6.61 Å². The smallest absolute Gasteiger partial charge is 0.237 e. The van der Waals surface area contributed by atoms with Crippen molar-refractivity contribution >= 4 is 17.3 Å². The highest BCUT2D eigenvalue weighted by molar-refractivity contribution is 6.30. The molecule has 2 aromatic rings. The number of pyridine rings is 1. The van der Waals surface area contributed by atoms with E-state index in [1.165, 1.54) is 0 Å². The van der Waals surface area contributed by atoms with Crippen molar-refractivity contribution < 1.29 is 4.74 Å². The summed E-state index contributed by atoms with van der Waals surface area (Å²) < 4.78 is 5.54. The molecular weight excluding hydrogens is 236 g/mol. The van der Waals surface area contributed by atoms with Gasteiger partial charge < -0.3 is 10.5 Å². The van der Waals surface area contributed by atoms with Crippen LogP contribution in [-0.4, -0.2) is 4.98 Å². The first-order valence-corrected chi connectivity index (χ1v) is 5.62. The molecule has 0 unspecified atom stereocenters. The fourth-order valence-corrected chi connectivity index (χ4v) is 1.69. The fourth-order valence-electron chi connectivity index (χ4n) is 1.48. The van der Waals surface area contributed by atoms with Gasteiger partial charge in [0, 0.05) is 11.2 Å². The summed E-state index contributed by atoms with van der Waals surface area (Å²) in [5, 5.41) is 0.691. The number of hydrogen-bond acceptors (Lipinski definition) is 3. The molecule has 88 valence electrons. The fraction of sp³-hybridized carbons (Fsp3) is 0.154. The maximum absolute atomic E-state index is 5.88. The van der Waals surface area contributed by atoms with Crippen molar-refractivity contribution in [3.05, 3.63) is 52.7 Å². The van der Waals surface area contributed by atoms with Gasteiger partial charge in [0.05, 0.1) is 5.69 Å². The van der Waals surface area contributed by atoms with Crippen LogP contribution in [-0.2, 0) is 6.61 Å². The second-order valence-electron chi connectivity index (χ2n) is 3.83. The first-order chi connectivity index (χ1) is 8.15. The van der Waals surface area contributed by atoms with Crippen molar-refractivity contribution in [2.75, 3.05) is 5.73 Å². The van der Waals surface area contributed by atoms with E-state index in [0.29, 0.717) is 23.2 Å². The van der Waals surface area contributed by atoms with Gasteiger partial charge in [-0.2, -0.15) is 0 Å². The average molecular weight is 249 g/mol. The third-order valence-corrected chi connectivity index (χ3v) is 2.52. The van der Waals surface area contributed by atoms with Gasteiger partial charge in [-0.1, -0.05) is 23.7 Å². The van der Waals surface area contributed by atoms with Crippen molar-refractivity contribution in [2.24, 2.45) is 0 Å². The van der Waals surface area contributed by atoms with Crippen LogP contribution in [0.3, 0.4) is 0 Å². The molecular formula is C13H13ClN2O. The summed E-state index contributed by atoms with van der Waals surface area (Å²) in [6.45, 7) is 2.34. The Bertz CT molecular complexity index is 529. The number of nitrogen functional groups attached to an aromatic ring is 1. The molecule has 2 rings (SSSR count). The van der Waals surface area contributed by atoms with Crippen LogP contribution < -0.4 is 10.5 Å². The summed E-state index contributed by atoms with van der Waals surface area (Å²) in [6.07, 6.45) is 1.73. The number of benzene rings is 1. The molecule has 0 bridgehead atoms. The molecule has 4 heteroatoms. The molecule has 2 N–H and O–H groups in total. The summed E-state index contributed by atoms with van der Waals surface area (Å²) in [7, 11) is 0. The zero-order valence-corrected chi connectivity index (χ0v) is 10.2. The standard InChI is InChI=1S/C13H13ClN2O/c1-9-5-12(15)13(16-7-9)17-8-10-3-2-4-11(14)6-10/h2-7H,8,15H2,1H3. The molecule has 0 aliphatic heterocycles. The number of aromatic nitrogens is 1. The molecule has 0 spiro atoms. The maximum atomic E-state index is 5.88. The van der Waals surface area contributed by atoms with Crippen LogP contribution in [0, 0.1) is 6.92 Å². The predicted molar refractivity (Wildman–Crippen MR) is 69.2 cm³/mol. The Morgan fingerprint density at radius 1 is 1.35 bits per heavy atom. The van der Waals surface area contributed by atoms with Gasteiger partial charge in [-0.15, -0.1) is 0 Å². The van der Waals surface area contributed by atoms with Gasteiger partial charge in [0.15, 0.2) is 0 Å². The van der Waals surface area contributed by atoms with Crippen molar-refractivity contribution in [1.82, 2.24) is 4.98 Å². The minimum absolute atomic E-state index is 0.404. The Morgan fingerprint density at radius 3 is 2.88 bits per heavy atom. The molecule has 0 amide bonds. The SMILES string of the molecule is Cc1cnc(OCc2cccc(Cl)c2)c(N)c1. The largest absolute Gasteiger partial charge is 0.471 e. The average Bonchev–Trinajstić information content (AvgIpc) is 2.28. The molecule has 1 heterocycles. The zero-order valence-electron chi connectivity index (χ0n) is 9.48. The lowest BCUT2D eigenvalue weighted by atomic mass is 10.2. The third kappa shape index (κ3) is 3.11. The molecule has 0 aliphatic carbocycles. The van der Waals surface area contributed by atoms with E-state index >= 15 is 0 Å². The first kappa shape index (κ1) is 11.7. The lowest BCUT2D eigenvalue weighted by molar-refractivity contribution is 0.295. The van der Waals surface area contributed by atoms with E-state index in [2.05, 4.69) is 4.98 Å². The minimum atomic E-state index is 0.404. The number of aryl methyl sites for hydroxylation is 1. The molecule has 0 saturated carbocycles. The number of halogens is 1. The highest BCUT2D eigenvalue weighted by Crippen LogP contribution is 2.20. The summed E-state index contributed by atoms with van der Waals surface area (Å²) in [6, 6.07) is 9.33.